The first-order valence-corrected chi connectivity index (χ1v) is 13.0. The van der Waals surface area contributed by atoms with E-state index in [2.05, 4.69) is 41.5 Å². The van der Waals surface area contributed by atoms with Crippen LogP contribution in [0.15, 0.2) is 65.3 Å². The predicted octanol–water partition coefficient (Wildman–Crippen LogP) is 4.54. The zero-order valence-corrected chi connectivity index (χ0v) is 21.3. The zero-order chi connectivity index (χ0) is 25.1. The van der Waals surface area contributed by atoms with Crippen LogP contribution in [0, 0.1) is 0 Å². The summed E-state index contributed by atoms with van der Waals surface area (Å²) < 4.78 is 7.58. The van der Waals surface area contributed by atoms with Gasteiger partial charge in [-0.25, -0.2) is 0 Å². The van der Waals surface area contributed by atoms with E-state index < -0.39 is 5.54 Å². The third kappa shape index (κ3) is 4.85. The molecule has 5 rings (SSSR count). The lowest BCUT2D eigenvalue weighted by Crippen LogP contribution is -2.65. The lowest BCUT2D eigenvalue weighted by atomic mass is 9.93. The third-order valence-corrected chi connectivity index (χ3v) is 7.68. The van der Waals surface area contributed by atoms with Crippen molar-refractivity contribution in [2.45, 2.75) is 63.7 Å². The molecule has 190 valence electrons. The molecule has 1 N–H and O–H groups in total. The Bertz CT molecular complexity index is 1180. The van der Waals surface area contributed by atoms with E-state index in [1.165, 1.54) is 5.56 Å². The fourth-order valence-electron chi connectivity index (χ4n) is 5.65. The Hall–Kier alpha value is -3.32. The van der Waals surface area contributed by atoms with E-state index in [-0.39, 0.29) is 17.9 Å². The van der Waals surface area contributed by atoms with Crippen LogP contribution in [-0.2, 0) is 17.9 Å². The van der Waals surface area contributed by atoms with Crippen LogP contribution in [0.4, 0.5) is 0 Å². The number of rotatable bonds is 9. The number of amides is 2. The van der Waals surface area contributed by atoms with Crippen molar-refractivity contribution >= 4 is 11.8 Å². The molecule has 0 bridgehead atoms. The SMILES string of the molecule is CN(CCCN1C(=O)c2ccc(-c3ccco3)n2C[C@@]1(C)C(=O)NC1CCCC1)Cc1ccccc1. The topological polar surface area (TPSA) is 70.7 Å². The molecular weight excluding hydrogens is 452 g/mol. The highest BCUT2D eigenvalue weighted by Gasteiger charge is 2.48. The minimum absolute atomic E-state index is 0.0647. The predicted molar refractivity (Wildman–Crippen MR) is 139 cm³/mol. The molecule has 3 heterocycles. The van der Waals surface area contributed by atoms with Gasteiger partial charge in [0.15, 0.2) is 0 Å². The smallest absolute Gasteiger partial charge is 0.271 e. The van der Waals surface area contributed by atoms with Crippen molar-refractivity contribution < 1.29 is 14.0 Å². The molecule has 0 saturated heterocycles. The Balaban J connectivity index is 1.35. The number of carbonyl (C=O) groups excluding carboxylic acids is 2. The molecule has 1 saturated carbocycles. The molecule has 0 spiro atoms. The number of nitrogens with one attached hydrogen (secondary N) is 1. The summed E-state index contributed by atoms with van der Waals surface area (Å²) in [5.74, 6) is 0.530. The molecule has 3 aromatic rings. The quantitative estimate of drug-likeness (QED) is 0.480. The van der Waals surface area contributed by atoms with Crippen molar-refractivity contribution in [2.75, 3.05) is 20.1 Å². The molecule has 1 aliphatic heterocycles. The van der Waals surface area contributed by atoms with Crippen LogP contribution in [0.2, 0.25) is 0 Å². The average molecular weight is 489 g/mol. The lowest BCUT2D eigenvalue weighted by Gasteiger charge is -2.45. The third-order valence-electron chi connectivity index (χ3n) is 7.68. The van der Waals surface area contributed by atoms with Gasteiger partial charge in [0.2, 0.25) is 5.91 Å². The van der Waals surface area contributed by atoms with Crippen LogP contribution in [0.3, 0.4) is 0 Å². The fraction of sp³-hybridized carbons (Fsp3) is 0.448. The van der Waals surface area contributed by atoms with Crippen LogP contribution in [0.25, 0.3) is 11.5 Å². The monoisotopic (exact) mass is 488 g/mol. The first-order valence-electron chi connectivity index (χ1n) is 13.0. The highest BCUT2D eigenvalue weighted by molar-refractivity contribution is 6.00. The maximum Gasteiger partial charge on any atom is 0.271 e. The second-order valence-electron chi connectivity index (χ2n) is 10.4. The van der Waals surface area contributed by atoms with Crippen LogP contribution < -0.4 is 5.32 Å². The van der Waals surface area contributed by atoms with Crippen LogP contribution in [-0.4, -0.2) is 57.9 Å². The van der Waals surface area contributed by atoms with Crippen molar-refractivity contribution in [3.05, 3.63) is 72.1 Å². The molecule has 0 radical (unpaired) electrons. The number of hydrogen-bond donors (Lipinski definition) is 1. The van der Waals surface area contributed by atoms with Crippen LogP contribution in [0.1, 0.15) is 55.1 Å². The summed E-state index contributed by atoms with van der Waals surface area (Å²) in [5, 5.41) is 3.27. The summed E-state index contributed by atoms with van der Waals surface area (Å²) in [5.41, 5.74) is 1.71. The molecule has 2 amide bonds. The van der Waals surface area contributed by atoms with E-state index >= 15 is 0 Å². The number of nitrogens with zero attached hydrogens (tertiary/aromatic N) is 3. The normalized spacial score (nSPS) is 20.2. The van der Waals surface area contributed by atoms with Gasteiger partial charge in [0.05, 0.1) is 18.5 Å². The van der Waals surface area contributed by atoms with Gasteiger partial charge in [0.25, 0.3) is 5.91 Å². The van der Waals surface area contributed by atoms with Crippen molar-refractivity contribution in [1.82, 2.24) is 19.7 Å². The molecule has 1 aliphatic carbocycles. The van der Waals surface area contributed by atoms with Crippen molar-refractivity contribution in [2.24, 2.45) is 0 Å². The highest BCUT2D eigenvalue weighted by atomic mass is 16.3. The summed E-state index contributed by atoms with van der Waals surface area (Å²) in [4.78, 5) is 31.6. The molecule has 1 fully saturated rings. The van der Waals surface area contributed by atoms with Gasteiger partial charge in [-0.2, -0.15) is 0 Å². The highest BCUT2D eigenvalue weighted by Crippen LogP contribution is 2.34. The standard InChI is InChI=1S/C29H36N4O3/c1-29(28(35)30-23-12-6-7-13-23)21-32-24(26-14-8-19-36-26)15-16-25(32)27(34)33(29)18-9-17-31(2)20-22-10-4-3-5-11-22/h3-5,8,10-11,14-16,19,23H,6-7,9,12-13,17-18,20-21H2,1-2H3,(H,30,35)/t29-/m0/s1. The number of carbonyl (C=O) groups is 2. The van der Waals surface area contributed by atoms with Crippen molar-refractivity contribution in [3.8, 4) is 11.5 Å². The maximum atomic E-state index is 13.8. The first kappa shape index (κ1) is 24.4. The van der Waals surface area contributed by atoms with Crippen molar-refractivity contribution in [3.63, 3.8) is 0 Å². The minimum Gasteiger partial charge on any atom is -0.463 e. The lowest BCUT2D eigenvalue weighted by molar-refractivity contribution is -0.133. The summed E-state index contributed by atoms with van der Waals surface area (Å²) in [7, 11) is 2.10. The van der Waals surface area contributed by atoms with E-state index in [1.54, 1.807) is 11.2 Å². The molecular formula is C29H36N4O3. The summed E-state index contributed by atoms with van der Waals surface area (Å²) >= 11 is 0. The Morgan fingerprint density at radius 1 is 1.08 bits per heavy atom. The maximum absolute atomic E-state index is 13.8. The molecule has 2 aliphatic rings. The van der Waals surface area contributed by atoms with E-state index in [9.17, 15) is 9.59 Å². The number of aromatic nitrogens is 1. The first-order chi connectivity index (χ1) is 17.5. The van der Waals surface area contributed by atoms with Gasteiger partial charge in [-0.05, 0) is 69.6 Å². The van der Waals surface area contributed by atoms with Gasteiger partial charge in [-0.15, -0.1) is 0 Å². The van der Waals surface area contributed by atoms with Gasteiger partial charge >= 0.3 is 0 Å². The van der Waals surface area contributed by atoms with E-state index in [0.29, 0.717) is 24.5 Å². The molecule has 0 unspecified atom stereocenters. The zero-order valence-electron chi connectivity index (χ0n) is 21.3. The van der Waals surface area contributed by atoms with Crippen molar-refractivity contribution in [1.29, 1.82) is 0 Å². The number of furan rings is 1. The van der Waals surface area contributed by atoms with Gasteiger partial charge in [0, 0.05) is 19.1 Å². The van der Waals surface area contributed by atoms with Gasteiger partial charge in [-0.1, -0.05) is 43.2 Å². The number of hydrogen-bond acceptors (Lipinski definition) is 4. The van der Waals surface area contributed by atoms with E-state index in [4.69, 9.17) is 4.42 Å². The Morgan fingerprint density at radius 2 is 1.83 bits per heavy atom. The van der Waals surface area contributed by atoms with E-state index in [0.717, 1.165) is 50.9 Å². The molecule has 2 aromatic heterocycles. The second kappa shape index (κ2) is 10.3. The van der Waals surface area contributed by atoms with Gasteiger partial charge < -0.3 is 24.1 Å². The fourth-order valence-corrected chi connectivity index (χ4v) is 5.65. The molecule has 7 heteroatoms. The molecule has 7 nitrogen and oxygen atoms in total. The Kier molecular flexibility index (Phi) is 7.01. The van der Waals surface area contributed by atoms with Crippen LogP contribution in [0.5, 0.6) is 0 Å². The molecule has 1 aromatic carbocycles. The Labute approximate surface area is 213 Å². The molecule has 1 atom stereocenters. The van der Waals surface area contributed by atoms with Gasteiger partial charge in [0.1, 0.15) is 17.0 Å². The summed E-state index contributed by atoms with van der Waals surface area (Å²) in [6, 6.07) is 18.1. The van der Waals surface area contributed by atoms with Gasteiger partial charge in [-0.3, -0.25) is 9.59 Å². The largest absolute Gasteiger partial charge is 0.463 e. The average Bonchev–Trinajstić information content (AvgIpc) is 3.64. The second-order valence-corrected chi connectivity index (χ2v) is 10.4. The van der Waals surface area contributed by atoms with Crippen LogP contribution >= 0.6 is 0 Å². The summed E-state index contributed by atoms with van der Waals surface area (Å²) in [6.07, 6.45) is 6.71. The van der Waals surface area contributed by atoms with E-state index in [1.807, 2.05) is 41.8 Å². The number of benzene rings is 1. The Morgan fingerprint density at radius 3 is 2.56 bits per heavy atom. The molecule has 36 heavy (non-hydrogen) atoms. The minimum atomic E-state index is -0.981. The number of fused-ring (bicyclic) bond motifs is 1. The summed E-state index contributed by atoms with van der Waals surface area (Å²) in [6.45, 7) is 4.52.